The second-order valence-corrected chi connectivity index (χ2v) is 4.11. The van der Waals surface area contributed by atoms with E-state index in [1.807, 2.05) is 11.3 Å². The van der Waals surface area contributed by atoms with Crippen molar-refractivity contribution in [2.45, 2.75) is 19.3 Å². The normalized spacial score (nSPS) is 24.3. The summed E-state index contributed by atoms with van der Waals surface area (Å²) < 4.78 is 0. The molecule has 0 aromatic carbocycles. The third-order valence-electron chi connectivity index (χ3n) is 2.33. The summed E-state index contributed by atoms with van der Waals surface area (Å²) in [6, 6.07) is 2.22. The van der Waals surface area contributed by atoms with Crippen LogP contribution in [0.2, 0.25) is 0 Å². The van der Waals surface area contributed by atoms with Crippen molar-refractivity contribution >= 4 is 11.3 Å². The lowest BCUT2D eigenvalue weighted by Crippen LogP contribution is -2.07. The van der Waals surface area contributed by atoms with Crippen LogP contribution in [0.4, 0.5) is 0 Å². The van der Waals surface area contributed by atoms with Gasteiger partial charge in [0.2, 0.25) is 0 Å². The Labute approximate surface area is 71.4 Å². The van der Waals surface area contributed by atoms with Crippen molar-refractivity contribution < 1.29 is 0 Å². The van der Waals surface area contributed by atoms with Gasteiger partial charge in [-0.15, -0.1) is 11.3 Å². The van der Waals surface area contributed by atoms with E-state index in [9.17, 15) is 0 Å². The molecular weight excluding hydrogens is 154 g/mol. The van der Waals surface area contributed by atoms with Gasteiger partial charge in [-0.2, -0.15) is 0 Å². The number of hydrogen-bond acceptors (Lipinski definition) is 2. The predicted octanol–water partition coefficient (Wildman–Crippen LogP) is 2.13. The Kier molecular flexibility index (Phi) is 1.96. The van der Waals surface area contributed by atoms with E-state index in [4.69, 9.17) is 0 Å². The molecule has 1 nitrogen and oxygen atoms in total. The van der Waals surface area contributed by atoms with Crippen LogP contribution in [-0.4, -0.2) is 13.1 Å². The monoisotopic (exact) mass is 167 g/mol. The molecule has 2 rings (SSSR count). The summed E-state index contributed by atoms with van der Waals surface area (Å²) >= 11 is 1.91. The molecule has 1 fully saturated rings. The lowest BCUT2D eigenvalue weighted by atomic mass is 10.0. The van der Waals surface area contributed by atoms with Crippen molar-refractivity contribution in [1.29, 1.82) is 0 Å². The molecule has 0 spiro atoms. The molecule has 60 valence electrons. The fourth-order valence-electron chi connectivity index (χ4n) is 1.68. The molecule has 1 atom stereocenters. The predicted molar refractivity (Wildman–Crippen MR) is 49.3 cm³/mol. The molecule has 0 saturated carbocycles. The average Bonchev–Trinajstić information content (AvgIpc) is 2.55. The van der Waals surface area contributed by atoms with Crippen molar-refractivity contribution in [2.75, 3.05) is 13.1 Å². The zero-order valence-corrected chi connectivity index (χ0v) is 7.58. The molecule has 1 N–H and O–H groups in total. The summed E-state index contributed by atoms with van der Waals surface area (Å²) in [5.74, 6) is 0.801. The van der Waals surface area contributed by atoms with Crippen LogP contribution in [0.15, 0.2) is 11.4 Å². The van der Waals surface area contributed by atoms with Gasteiger partial charge >= 0.3 is 0 Å². The minimum absolute atomic E-state index is 0.801. The van der Waals surface area contributed by atoms with Crippen LogP contribution in [0.25, 0.3) is 0 Å². The molecular formula is C9H13NS. The Morgan fingerprint density at radius 1 is 1.64 bits per heavy atom. The van der Waals surface area contributed by atoms with Crippen molar-refractivity contribution in [2.24, 2.45) is 0 Å². The van der Waals surface area contributed by atoms with Crippen molar-refractivity contribution in [3.8, 4) is 0 Å². The summed E-state index contributed by atoms with van der Waals surface area (Å²) in [7, 11) is 0. The van der Waals surface area contributed by atoms with Gasteiger partial charge in [-0.25, -0.2) is 0 Å². The van der Waals surface area contributed by atoms with Gasteiger partial charge in [0.25, 0.3) is 0 Å². The molecule has 0 aliphatic carbocycles. The molecule has 1 aliphatic heterocycles. The molecule has 2 heteroatoms. The Morgan fingerprint density at radius 2 is 2.55 bits per heavy atom. The van der Waals surface area contributed by atoms with Crippen molar-refractivity contribution in [3.05, 3.63) is 21.9 Å². The lowest BCUT2D eigenvalue weighted by molar-refractivity contribution is 0.774. The highest BCUT2D eigenvalue weighted by Gasteiger charge is 2.18. The SMILES string of the molecule is Cc1ccsc1C1CCNC1. The van der Waals surface area contributed by atoms with Gasteiger partial charge in [-0.3, -0.25) is 0 Å². The first-order valence-corrected chi connectivity index (χ1v) is 5.00. The van der Waals surface area contributed by atoms with Gasteiger partial charge in [0, 0.05) is 17.3 Å². The maximum absolute atomic E-state index is 3.39. The fourth-order valence-corrected chi connectivity index (χ4v) is 2.75. The van der Waals surface area contributed by atoms with E-state index >= 15 is 0 Å². The molecule has 1 unspecified atom stereocenters. The zero-order valence-electron chi connectivity index (χ0n) is 6.76. The first-order chi connectivity index (χ1) is 5.38. The number of thiophene rings is 1. The van der Waals surface area contributed by atoms with Crippen LogP contribution in [0.3, 0.4) is 0 Å². The topological polar surface area (TPSA) is 12.0 Å². The van der Waals surface area contributed by atoms with Crippen molar-refractivity contribution in [1.82, 2.24) is 5.32 Å². The first kappa shape index (κ1) is 7.32. The van der Waals surface area contributed by atoms with Gasteiger partial charge < -0.3 is 5.32 Å². The molecule has 2 heterocycles. The van der Waals surface area contributed by atoms with E-state index in [1.54, 1.807) is 4.88 Å². The second kappa shape index (κ2) is 2.95. The third kappa shape index (κ3) is 1.33. The molecule has 0 bridgehead atoms. The van der Waals surface area contributed by atoms with Gasteiger partial charge in [-0.1, -0.05) is 0 Å². The number of aryl methyl sites for hydroxylation is 1. The van der Waals surface area contributed by atoms with Gasteiger partial charge in [0.05, 0.1) is 0 Å². The zero-order chi connectivity index (χ0) is 7.68. The molecule has 1 saturated heterocycles. The highest BCUT2D eigenvalue weighted by Crippen LogP contribution is 2.29. The van der Waals surface area contributed by atoms with E-state index < -0.39 is 0 Å². The minimum Gasteiger partial charge on any atom is -0.316 e. The van der Waals surface area contributed by atoms with Crippen LogP contribution < -0.4 is 5.32 Å². The number of rotatable bonds is 1. The van der Waals surface area contributed by atoms with E-state index in [0.717, 1.165) is 5.92 Å². The highest BCUT2D eigenvalue weighted by molar-refractivity contribution is 7.10. The molecule has 1 aliphatic rings. The maximum atomic E-state index is 3.39. The minimum atomic E-state index is 0.801. The summed E-state index contributed by atoms with van der Waals surface area (Å²) in [4.78, 5) is 1.59. The summed E-state index contributed by atoms with van der Waals surface area (Å²) in [6.45, 7) is 4.59. The Morgan fingerprint density at radius 3 is 3.09 bits per heavy atom. The van der Waals surface area contributed by atoms with Gasteiger partial charge in [0.15, 0.2) is 0 Å². The third-order valence-corrected chi connectivity index (χ3v) is 3.51. The molecule has 0 amide bonds. The van der Waals surface area contributed by atoms with Crippen LogP contribution in [0, 0.1) is 6.92 Å². The standard InChI is InChI=1S/C9H13NS/c1-7-3-5-11-9(7)8-2-4-10-6-8/h3,5,8,10H,2,4,6H2,1H3. The van der Waals surface area contributed by atoms with E-state index in [1.165, 1.54) is 25.1 Å². The Hall–Kier alpha value is -0.340. The number of nitrogens with one attached hydrogen (secondary N) is 1. The smallest absolute Gasteiger partial charge is 0.0118 e. The van der Waals surface area contributed by atoms with Crippen LogP contribution >= 0.6 is 11.3 Å². The summed E-state index contributed by atoms with van der Waals surface area (Å²) in [5, 5.41) is 5.59. The summed E-state index contributed by atoms with van der Waals surface area (Å²) in [6.07, 6.45) is 1.32. The van der Waals surface area contributed by atoms with Gasteiger partial charge in [-0.05, 0) is 36.9 Å². The molecule has 1 aromatic rings. The van der Waals surface area contributed by atoms with Crippen LogP contribution in [-0.2, 0) is 0 Å². The van der Waals surface area contributed by atoms with Crippen LogP contribution in [0.5, 0.6) is 0 Å². The largest absolute Gasteiger partial charge is 0.316 e. The molecule has 1 aromatic heterocycles. The Balaban J connectivity index is 2.21. The quantitative estimate of drug-likeness (QED) is 0.675. The fraction of sp³-hybridized carbons (Fsp3) is 0.556. The van der Waals surface area contributed by atoms with E-state index in [0.29, 0.717) is 0 Å². The summed E-state index contributed by atoms with van der Waals surface area (Å²) in [5.41, 5.74) is 1.48. The van der Waals surface area contributed by atoms with Gasteiger partial charge in [0.1, 0.15) is 0 Å². The second-order valence-electron chi connectivity index (χ2n) is 3.16. The van der Waals surface area contributed by atoms with Crippen LogP contribution in [0.1, 0.15) is 22.8 Å². The highest BCUT2D eigenvalue weighted by atomic mass is 32.1. The first-order valence-electron chi connectivity index (χ1n) is 4.12. The Bertz CT molecular complexity index is 235. The average molecular weight is 167 g/mol. The maximum Gasteiger partial charge on any atom is 0.0118 e. The van der Waals surface area contributed by atoms with Crippen molar-refractivity contribution in [3.63, 3.8) is 0 Å². The number of hydrogen-bond donors (Lipinski definition) is 1. The molecule has 11 heavy (non-hydrogen) atoms. The lowest BCUT2D eigenvalue weighted by Gasteiger charge is -2.05. The van der Waals surface area contributed by atoms with E-state index in [2.05, 4.69) is 23.7 Å². The van der Waals surface area contributed by atoms with E-state index in [-0.39, 0.29) is 0 Å². The molecule has 0 radical (unpaired) electrons.